The van der Waals surface area contributed by atoms with Gasteiger partial charge in [0.1, 0.15) is 5.75 Å². The highest BCUT2D eigenvalue weighted by Gasteiger charge is 2.20. The van der Waals surface area contributed by atoms with Crippen LogP contribution >= 0.6 is 0 Å². The number of fused-ring (bicyclic) bond motifs is 1. The highest BCUT2D eigenvalue weighted by molar-refractivity contribution is 7.90. The molecule has 30 heavy (non-hydrogen) atoms. The van der Waals surface area contributed by atoms with Crippen LogP contribution in [0.5, 0.6) is 5.75 Å². The van der Waals surface area contributed by atoms with E-state index in [1.807, 2.05) is 24.3 Å². The number of methoxy groups -OCH3 is 1. The lowest BCUT2D eigenvalue weighted by Gasteiger charge is -2.11. The standard InChI is InChI=1S/C19H19N7O3S/c1-29-15-10-6-4-8-13(15)21-18-24-16(23-17(20)25-18)11-26-14-9-5-3-7-12(14)22-19(26)30(2,27)28/h3-10H,11H2,1-2H3,(H3,20,21,23,24,25). The number of nitrogens with one attached hydrogen (secondary N) is 1. The van der Waals surface area contributed by atoms with Crippen LogP contribution in [0.3, 0.4) is 0 Å². The molecule has 3 N–H and O–H groups in total. The molecule has 10 nitrogen and oxygen atoms in total. The van der Waals surface area contributed by atoms with Crippen LogP contribution in [0.25, 0.3) is 11.0 Å². The van der Waals surface area contributed by atoms with E-state index in [0.29, 0.717) is 22.5 Å². The molecule has 0 spiro atoms. The molecule has 4 aromatic rings. The summed E-state index contributed by atoms with van der Waals surface area (Å²) in [7, 11) is -2.02. The molecule has 0 aliphatic rings. The lowest BCUT2D eigenvalue weighted by molar-refractivity contribution is 0.417. The smallest absolute Gasteiger partial charge is 0.232 e. The van der Waals surface area contributed by atoms with Crippen molar-refractivity contribution in [2.24, 2.45) is 0 Å². The van der Waals surface area contributed by atoms with Crippen molar-refractivity contribution in [1.29, 1.82) is 0 Å². The normalized spacial score (nSPS) is 11.5. The van der Waals surface area contributed by atoms with E-state index in [0.717, 1.165) is 6.26 Å². The molecule has 154 valence electrons. The molecule has 0 aliphatic carbocycles. The van der Waals surface area contributed by atoms with E-state index < -0.39 is 9.84 Å². The van der Waals surface area contributed by atoms with Crippen molar-refractivity contribution in [2.75, 3.05) is 24.4 Å². The number of imidazole rings is 1. The first-order valence-electron chi connectivity index (χ1n) is 8.91. The molecule has 0 aliphatic heterocycles. The largest absolute Gasteiger partial charge is 0.495 e. The number of para-hydroxylation sites is 4. The minimum absolute atomic E-state index is 0.00252. The molecule has 0 bridgehead atoms. The first-order valence-corrected chi connectivity index (χ1v) is 10.8. The molecule has 2 aromatic heterocycles. The summed E-state index contributed by atoms with van der Waals surface area (Å²) in [5.41, 5.74) is 7.74. The molecule has 2 aromatic carbocycles. The van der Waals surface area contributed by atoms with Gasteiger partial charge in [0, 0.05) is 6.26 Å². The summed E-state index contributed by atoms with van der Waals surface area (Å²) in [5, 5.41) is 2.99. The van der Waals surface area contributed by atoms with E-state index in [-0.39, 0.29) is 29.4 Å². The van der Waals surface area contributed by atoms with Gasteiger partial charge in [0.25, 0.3) is 0 Å². The molecule has 11 heteroatoms. The van der Waals surface area contributed by atoms with E-state index in [2.05, 4.69) is 25.3 Å². The SMILES string of the molecule is COc1ccccc1Nc1nc(N)nc(Cn2c(S(C)(=O)=O)nc3ccccc32)n1. The number of rotatable bonds is 6. The lowest BCUT2D eigenvalue weighted by atomic mass is 10.3. The topological polar surface area (TPSA) is 138 Å². The van der Waals surface area contributed by atoms with Crippen molar-refractivity contribution >= 4 is 38.5 Å². The second-order valence-corrected chi connectivity index (χ2v) is 8.41. The summed E-state index contributed by atoms with van der Waals surface area (Å²) in [4.78, 5) is 16.9. The van der Waals surface area contributed by atoms with Gasteiger partial charge < -0.3 is 20.4 Å². The number of benzene rings is 2. The van der Waals surface area contributed by atoms with Crippen LogP contribution in [0.4, 0.5) is 17.6 Å². The predicted octanol–water partition coefficient (Wildman–Crippen LogP) is 2.01. The number of nitrogen functional groups attached to an aromatic ring is 1. The molecule has 0 atom stereocenters. The van der Waals surface area contributed by atoms with E-state index in [4.69, 9.17) is 10.5 Å². The number of ether oxygens (including phenoxy) is 1. The minimum atomic E-state index is -3.58. The molecule has 0 amide bonds. The Morgan fingerprint density at radius 3 is 2.53 bits per heavy atom. The monoisotopic (exact) mass is 425 g/mol. The average molecular weight is 425 g/mol. The Morgan fingerprint density at radius 2 is 1.77 bits per heavy atom. The lowest BCUT2D eigenvalue weighted by Crippen LogP contribution is -2.14. The Morgan fingerprint density at radius 1 is 1.03 bits per heavy atom. The van der Waals surface area contributed by atoms with Gasteiger partial charge >= 0.3 is 0 Å². The van der Waals surface area contributed by atoms with Gasteiger partial charge in [-0.15, -0.1) is 0 Å². The van der Waals surface area contributed by atoms with Crippen LogP contribution in [0.2, 0.25) is 0 Å². The molecular formula is C19H19N7O3S. The fourth-order valence-corrected chi connectivity index (χ4v) is 3.89. The highest BCUT2D eigenvalue weighted by atomic mass is 32.2. The van der Waals surface area contributed by atoms with Crippen molar-refractivity contribution < 1.29 is 13.2 Å². The first kappa shape index (κ1) is 19.6. The van der Waals surface area contributed by atoms with Crippen molar-refractivity contribution in [3.8, 4) is 5.75 Å². The predicted molar refractivity (Wildman–Crippen MR) is 112 cm³/mol. The van der Waals surface area contributed by atoms with Crippen LogP contribution < -0.4 is 15.8 Å². The fourth-order valence-electron chi connectivity index (χ4n) is 3.06. The zero-order chi connectivity index (χ0) is 21.3. The molecule has 0 saturated carbocycles. The molecule has 0 unspecified atom stereocenters. The summed E-state index contributed by atoms with van der Waals surface area (Å²) in [6.45, 7) is 0.0518. The summed E-state index contributed by atoms with van der Waals surface area (Å²) in [5.74, 6) is 1.11. The van der Waals surface area contributed by atoms with Gasteiger partial charge in [-0.1, -0.05) is 24.3 Å². The number of aromatic nitrogens is 5. The Kier molecular flexibility index (Phi) is 4.96. The maximum atomic E-state index is 12.3. The minimum Gasteiger partial charge on any atom is -0.495 e. The first-order chi connectivity index (χ1) is 14.3. The number of hydrogen-bond donors (Lipinski definition) is 2. The molecule has 0 radical (unpaired) electrons. The van der Waals surface area contributed by atoms with Gasteiger partial charge in [-0.05, 0) is 24.3 Å². The van der Waals surface area contributed by atoms with Crippen molar-refractivity contribution in [2.45, 2.75) is 11.7 Å². The number of sulfone groups is 1. The Balaban J connectivity index is 1.75. The van der Waals surface area contributed by atoms with E-state index in [1.165, 1.54) is 0 Å². The molecule has 4 rings (SSSR count). The summed E-state index contributed by atoms with van der Waals surface area (Å²) >= 11 is 0. The Bertz CT molecular complexity index is 1340. The second-order valence-electron chi connectivity index (χ2n) is 6.50. The van der Waals surface area contributed by atoms with Crippen LogP contribution in [-0.4, -0.2) is 46.3 Å². The Labute approximate surface area is 172 Å². The van der Waals surface area contributed by atoms with Crippen molar-refractivity contribution in [3.05, 3.63) is 54.4 Å². The number of nitrogens with two attached hydrogens (primary N) is 1. The summed E-state index contributed by atoms with van der Waals surface area (Å²) in [6.07, 6.45) is 1.11. The molecule has 2 heterocycles. The third kappa shape index (κ3) is 3.87. The van der Waals surface area contributed by atoms with E-state index >= 15 is 0 Å². The zero-order valence-electron chi connectivity index (χ0n) is 16.3. The van der Waals surface area contributed by atoms with Crippen molar-refractivity contribution in [3.63, 3.8) is 0 Å². The van der Waals surface area contributed by atoms with Gasteiger partial charge in [-0.25, -0.2) is 13.4 Å². The van der Waals surface area contributed by atoms with Gasteiger partial charge in [0.05, 0.1) is 30.4 Å². The van der Waals surface area contributed by atoms with Crippen molar-refractivity contribution in [1.82, 2.24) is 24.5 Å². The van der Waals surface area contributed by atoms with Gasteiger partial charge in [0.15, 0.2) is 5.82 Å². The summed E-state index contributed by atoms with van der Waals surface area (Å²) in [6, 6.07) is 14.4. The molecular weight excluding hydrogens is 406 g/mol. The van der Waals surface area contributed by atoms with Crippen LogP contribution in [-0.2, 0) is 16.4 Å². The highest BCUT2D eigenvalue weighted by Crippen LogP contribution is 2.26. The molecule has 0 saturated heterocycles. The van der Waals surface area contributed by atoms with Crippen LogP contribution in [0.1, 0.15) is 5.82 Å². The average Bonchev–Trinajstić information content (AvgIpc) is 3.07. The third-order valence-corrected chi connectivity index (χ3v) is 5.28. The number of nitrogens with zero attached hydrogens (tertiary/aromatic N) is 5. The zero-order valence-corrected chi connectivity index (χ0v) is 17.1. The van der Waals surface area contributed by atoms with Crippen LogP contribution in [0.15, 0.2) is 53.7 Å². The van der Waals surface area contributed by atoms with Gasteiger partial charge in [-0.2, -0.15) is 15.0 Å². The van der Waals surface area contributed by atoms with E-state index in [1.54, 1.807) is 35.9 Å². The summed E-state index contributed by atoms with van der Waals surface area (Å²) < 4.78 is 31.4. The van der Waals surface area contributed by atoms with Gasteiger partial charge in [-0.3, -0.25) is 0 Å². The number of hydrogen-bond acceptors (Lipinski definition) is 9. The second kappa shape index (κ2) is 7.59. The number of anilines is 3. The fraction of sp³-hybridized carbons (Fsp3) is 0.158. The maximum absolute atomic E-state index is 12.3. The van der Waals surface area contributed by atoms with Crippen LogP contribution in [0, 0.1) is 0 Å². The Hall–Kier alpha value is -3.73. The maximum Gasteiger partial charge on any atom is 0.232 e. The molecule has 0 fully saturated rings. The van der Waals surface area contributed by atoms with Gasteiger partial charge in [0.2, 0.25) is 26.9 Å². The quantitative estimate of drug-likeness (QED) is 0.475. The van der Waals surface area contributed by atoms with E-state index in [9.17, 15) is 8.42 Å². The third-order valence-electron chi connectivity index (χ3n) is 4.30.